The van der Waals surface area contributed by atoms with E-state index in [1.807, 2.05) is 25.1 Å². The molecule has 3 aromatic rings. The number of hydrogen-bond acceptors (Lipinski definition) is 3. The molecule has 26 heavy (non-hydrogen) atoms. The van der Waals surface area contributed by atoms with Crippen molar-refractivity contribution in [1.82, 2.24) is 15.5 Å². The van der Waals surface area contributed by atoms with Gasteiger partial charge in [-0.2, -0.15) is 10.2 Å². The number of nitrogens with zero attached hydrogens (tertiary/aromatic N) is 2. The first-order chi connectivity index (χ1) is 12.6. The molecule has 1 aromatic heterocycles. The van der Waals surface area contributed by atoms with E-state index in [0.717, 1.165) is 11.3 Å². The number of aromatic nitrogens is 2. The predicted molar refractivity (Wildman–Crippen MR) is 96.7 cm³/mol. The van der Waals surface area contributed by atoms with Gasteiger partial charge in [0.2, 0.25) is 0 Å². The van der Waals surface area contributed by atoms with Crippen molar-refractivity contribution in [3.05, 3.63) is 82.5 Å². The van der Waals surface area contributed by atoms with Crippen LogP contribution in [0, 0.1) is 18.6 Å². The molecular weight excluding hydrogens is 332 g/mol. The molecule has 2 aromatic carbocycles. The average molecular weight is 351 g/mol. The van der Waals surface area contributed by atoms with Gasteiger partial charge in [0.05, 0.1) is 11.4 Å². The second kappa shape index (κ2) is 6.92. The largest absolute Gasteiger partial charge is 0.313 e. The van der Waals surface area contributed by atoms with Gasteiger partial charge in [0.15, 0.2) is 0 Å². The highest BCUT2D eigenvalue weighted by molar-refractivity contribution is 5.62. The van der Waals surface area contributed by atoms with E-state index in [-0.39, 0.29) is 17.6 Å². The summed E-state index contributed by atoms with van der Waals surface area (Å²) >= 11 is 0. The molecule has 0 aliphatic carbocycles. The molecule has 0 saturated heterocycles. The summed E-state index contributed by atoms with van der Waals surface area (Å²) in [7, 11) is 0. The smallest absolute Gasteiger partial charge is 0.128 e. The molecule has 1 aliphatic heterocycles. The monoisotopic (exact) mass is 351 g/mol. The Kier molecular flexibility index (Phi) is 4.47. The fraction of sp³-hybridized carbons (Fsp3) is 0.238. The summed E-state index contributed by atoms with van der Waals surface area (Å²) < 4.78 is 29.5. The Morgan fingerprint density at radius 1 is 1.00 bits per heavy atom. The Hall–Kier alpha value is -2.66. The maximum Gasteiger partial charge on any atom is 0.128 e. The van der Waals surface area contributed by atoms with Gasteiger partial charge in [0, 0.05) is 18.0 Å². The van der Waals surface area contributed by atoms with Crippen molar-refractivity contribution in [1.29, 1.82) is 0 Å². The summed E-state index contributed by atoms with van der Waals surface area (Å²) in [5.41, 5.74) is 4.08. The van der Waals surface area contributed by atoms with Crippen LogP contribution in [-0.4, -0.2) is 16.7 Å². The molecular formula is C21H19F2N3. The molecule has 0 spiro atoms. The minimum Gasteiger partial charge on any atom is -0.313 e. The summed E-state index contributed by atoms with van der Waals surface area (Å²) in [6.45, 7) is 3.11. The van der Waals surface area contributed by atoms with Gasteiger partial charge in [-0.3, -0.25) is 0 Å². The number of rotatable bonds is 2. The number of nitrogens with one attached hydrogen (secondary N) is 1. The van der Waals surface area contributed by atoms with E-state index in [0.29, 0.717) is 41.9 Å². The van der Waals surface area contributed by atoms with Crippen LogP contribution < -0.4 is 5.32 Å². The van der Waals surface area contributed by atoms with Crippen molar-refractivity contribution in [3.63, 3.8) is 0 Å². The Bertz CT molecular complexity index is 938. The SMILES string of the molecule is Cc1ccc(-c2cc(F)c3c(c2)CNCCC3c2ccccc2F)nn1. The maximum absolute atomic E-state index is 15.1. The molecule has 2 heterocycles. The zero-order valence-corrected chi connectivity index (χ0v) is 14.5. The molecule has 0 fully saturated rings. The van der Waals surface area contributed by atoms with Crippen LogP contribution >= 0.6 is 0 Å². The number of halogens is 2. The molecule has 3 nitrogen and oxygen atoms in total. The van der Waals surface area contributed by atoms with Crippen LogP contribution in [0.25, 0.3) is 11.3 Å². The van der Waals surface area contributed by atoms with Crippen molar-refractivity contribution >= 4 is 0 Å². The third-order valence-electron chi connectivity index (χ3n) is 4.86. The normalized spacial score (nSPS) is 16.8. The number of fused-ring (bicyclic) bond motifs is 1. The van der Waals surface area contributed by atoms with Crippen molar-refractivity contribution in [3.8, 4) is 11.3 Å². The highest BCUT2D eigenvalue weighted by atomic mass is 19.1. The first-order valence-corrected chi connectivity index (χ1v) is 8.71. The van der Waals surface area contributed by atoms with Gasteiger partial charge in [0.1, 0.15) is 11.6 Å². The van der Waals surface area contributed by atoms with Crippen molar-refractivity contribution in [2.45, 2.75) is 25.8 Å². The van der Waals surface area contributed by atoms with E-state index in [9.17, 15) is 4.39 Å². The fourth-order valence-electron chi connectivity index (χ4n) is 3.59. The quantitative estimate of drug-likeness (QED) is 0.746. The molecule has 1 aliphatic rings. The molecule has 5 heteroatoms. The highest BCUT2D eigenvalue weighted by Gasteiger charge is 2.26. The number of benzene rings is 2. The van der Waals surface area contributed by atoms with Crippen LogP contribution in [0.2, 0.25) is 0 Å². The maximum atomic E-state index is 15.1. The second-order valence-electron chi connectivity index (χ2n) is 6.63. The summed E-state index contributed by atoms with van der Waals surface area (Å²) in [5.74, 6) is -0.922. The van der Waals surface area contributed by atoms with Crippen LogP contribution in [0.15, 0.2) is 48.5 Å². The Morgan fingerprint density at radius 3 is 2.62 bits per heavy atom. The van der Waals surface area contributed by atoms with Crippen LogP contribution in [0.4, 0.5) is 8.78 Å². The molecule has 0 bridgehead atoms. The van der Waals surface area contributed by atoms with Crippen molar-refractivity contribution in [2.75, 3.05) is 6.54 Å². The van der Waals surface area contributed by atoms with E-state index < -0.39 is 0 Å². The second-order valence-corrected chi connectivity index (χ2v) is 6.63. The minimum atomic E-state index is -0.322. The zero-order chi connectivity index (χ0) is 18.1. The van der Waals surface area contributed by atoms with Gasteiger partial charge in [0.25, 0.3) is 0 Å². The van der Waals surface area contributed by atoms with Gasteiger partial charge in [-0.25, -0.2) is 8.78 Å². The molecule has 1 unspecified atom stereocenters. The third-order valence-corrected chi connectivity index (χ3v) is 4.86. The Morgan fingerprint density at radius 2 is 1.85 bits per heavy atom. The molecule has 0 amide bonds. The average Bonchev–Trinajstić information content (AvgIpc) is 2.85. The number of hydrogen-bond donors (Lipinski definition) is 1. The molecule has 132 valence electrons. The van der Waals surface area contributed by atoms with E-state index >= 15 is 4.39 Å². The molecule has 1 N–H and O–H groups in total. The molecule has 1 atom stereocenters. The first-order valence-electron chi connectivity index (χ1n) is 8.71. The van der Waals surface area contributed by atoms with Crippen LogP contribution in [0.1, 0.15) is 34.7 Å². The lowest BCUT2D eigenvalue weighted by Gasteiger charge is -2.20. The van der Waals surface area contributed by atoms with E-state index in [1.54, 1.807) is 18.2 Å². The van der Waals surface area contributed by atoms with E-state index in [1.165, 1.54) is 12.1 Å². The summed E-state index contributed by atoms with van der Waals surface area (Å²) in [6, 6.07) is 13.7. The molecule has 0 radical (unpaired) electrons. The minimum absolute atomic E-state index is 0.293. The third kappa shape index (κ3) is 3.10. The van der Waals surface area contributed by atoms with Crippen LogP contribution in [-0.2, 0) is 6.54 Å². The lowest BCUT2D eigenvalue weighted by atomic mass is 9.85. The lowest BCUT2D eigenvalue weighted by Crippen LogP contribution is -2.12. The predicted octanol–water partition coefficient (Wildman–Crippen LogP) is 4.36. The van der Waals surface area contributed by atoms with Gasteiger partial charge in [-0.15, -0.1) is 0 Å². The van der Waals surface area contributed by atoms with E-state index in [4.69, 9.17) is 0 Å². The zero-order valence-electron chi connectivity index (χ0n) is 14.5. The van der Waals surface area contributed by atoms with Gasteiger partial charge in [-0.1, -0.05) is 18.2 Å². The Labute approximate surface area is 151 Å². The van der Waals surface area contributed by atoms with Crippen molar-refractivity contribution in [2.24, 2.45) is 0 Å². The van der Waals surface area contributed by atoms with Crippen LogP contribution in [0.5, 0.6) is 0 Å². The van der Waals surface area contributed by atoms with E-state index in [2.05, 4.69) is 15.5 Å². The van der Waals surface area contributed by atoms with Crippen LogP contribution in [0.3, 0.4) is 0 Å². The summed E-state index contributed by atoms with van der Waals surface area (Å²) in [5, 5.41) is 11.5. The summed E-state index contributed by atoms with van der Waals surface area (Å²) in [6.07, 6.45) is 0.647. The molecule has 0 saturated carbocycles. The summed E-state index contributed by atoms with van der Waals surface area (Å²) in [4.78, 5) is 0. The molecule has 4 rings (SSSR count). The van der Waals surface area contributed by atoms with Crippen molar-refractivity contribution < 1.29 is 8.78 Å². The number of aryl methyl sites for hydroxylation is 1. The fourth-order valence-corrected chi connectivity index (χ4v) is 3.59. The first kappa shape index (κ1) is 16.8. The standard InChI is InChI=1S/C21H19F2N3/c1-13-6-7-20(26-25-13)14-10-15-12-24-9-8-17(21(15)19(23)11-14)16-4-2-3-5-18(16)22/h2-7,10-11,17,24H,8-9,12H2,1H3. The highest BCUT2D eigenvalue weighted by Crippen LogP contribution is 2.37. The van der Waals surface area contributed by atoms with Gasteiger partial charge >= 0.3 is 0 Å². The van der Waals surface area contributed by atoms with Gasteiger partial charge in [-0.05, 0) is 66.9 Å². The Balaban J connectivity index is 1.84. The topological polar surface area (TPSA) is 37.8 Å². The lowest BCUT2D eigenvalue weighted by molar-refractivity contribution is 0.558. The van der Waals surface area contributed by atoms with Gasteiger partial charge < -0.3 is 5.32 Å².